The van der Waals surface area contributed by atoms with Gasteiger partial charge in [0.2, 0.25) is 0 Å². The largest absolute Gasteiger partial charge is 0.379 e. The molecule has 0 N–H and O–H groups in total. The smallest absolute Gasteiger partial charge is 0.0781 e. The van der Waals surface area contributed by atoms with E-state index in [4.69, 9.17) is 14.2 Å². The van der Waals surface area contributed by atoms with Crippen LogP contribution in [-0.4, -0.2) is 38.6 Å². The molecule has 2 atom stereocenters. The highest BCUT2D eigenvalue weighted by Crippen LogP contribution is 2.03. The fraction of sp³-hybridized carbons (Fsp3) is 1.00. The van der Waals surface area contributed by atoms with Crippen LogP contribution in [0.5, 0.6) is 0 Å². The monoisotopic (exact) mass is 260 g/mol. The van der Waals surface area contributed by atoms with Crippen molar-refractivity contribution in [2.45, 2.75) is 60.2 Å². The maximum Gasteiger partial charge on any atom is 0.0781 e. The zero-order chi connectivity index (χ0) is 14.0. The Balaban J connectivity index is 3.42. The zero-order valence-corrected chi connectivity index (χ0v) is 13.1. The average Bonchev–Trinajstić information content (AvgIpc) is 2.29. The first kappa shape index (κ1) is 17.9. The summed E-state index contributed by atoms with van der Waals surface area (Å²) < 4.78 is 16.9. The molecule has 0 spiro atoms. The lowest BCUT2D eigenvalue weighted by atomic mass is 10.1. The van der Waals surface area contributed by atoms with E-state index in [0.717, 1.165) is 19.6 Å². The molecule has 3 nitrogen and oxygen atoms in total. The van der Waals surface area contributed by atoms with Gasteiger partial charge in [-0.1, -0.05) is 27.7 Å². The SMILES string of the molecule is CC(C)CCOCC(C)OCC(C)OCC(C)C. The molecule has 0 bridgehead atoms. The minimum Gasteiger partial charge on any atom is -0.379 e. The van der Waals surface area contributed by atoms with Gasteiger partial charge in [0.1, 0.15) is 0 Å². The van der Waals surface area contributed by atoms with Crippen LogP contribution in [-0.2, 0) is 14.2 Å². The van der Waals surface area contributed by atoms with Gasteiger partial charge in [-0.2, -0.15) is 0 Å². The summed E-state index contributed by atoms with van der Waals surface area (Å²) >= 11 is 0. The van der Waals surface area contributed by atoms with Crippen LogP contribution in [0, 0.1) is 11.8 Å². The van der Waals surface area contributed by atoms with Gasteiger partial charge in [0.25, 0.3) is 0 Å². The molecule has 0 fully saturated rings. The van der Waals surface area contributed by atoms with Gasteiger partial charge in [-0.15, -0.1) is 0 Å². The fourth-order valence-electron chi connectivity index (χ4n) is 1.32. The third kappa shape index (κ3) is 12.3. The first-order valence-corrected chi connectivity index (χ1v) is 7.22. The van der Waals surface area contributed by atoms with Crippen molar-refractivity contribution in [1.29, 1.82) is 0 Å². The zero-order valence-electron chi connectivity index (χ0n) is 13.1. The number of hydrogen-bond donors (Lipinski definition) is 0. The van der Waals surface area contributed by atoms with Crippen LogP contribution >= 0.6 is 0 Å². The summed E-state index contributed by atoms with van der Waals surface area (Å²) in [6.45, 7) is 15.7. The Kier molecular flexibility index (Phi) is 10.7. The van der Waals surface area contributed by atoms with Gasteiger partial charge in [0.05, 0.1) is 25.4 Å². The lowest BCUT2D eigenvalue weighted by Gasteiger charge is -2.18. The molecule has 3 heteroatoms. The average molecular weight is 260 g/mol. The maximum absolute atomic E-state index is 5.69. The summed E-state index contributed by atoms with van der Waals surface area (Å²) in [5.74, 6) is 1.27. The lowest BCUT2D eigenvalue weighted by molar-refractivity contribution is -0.0618. The van der Waals surface area contributed by atoms with Crippen molar-refractivity contribution >= 4 is 0 Å². The second-order valence-electron chi connectivity index (χ2n) is 5.94. The van der Waals surface area contributed by atoms with Crippen LogP contribution in [0.15, 0.2) is 0 Å². The Morgan fingerprint density at radius 1 is 0.667 bits per heavy atom. The van der Waals surface area contributed by atoms with Crippen LogP contribution in [0.1, 0.15) is 48.0 Å². The summed E-state index contributed by atoms with van der Waals surface area (Å²) in [6, 6.07) is 0. The molecule has 0 aromatic rings. The maximum atomic E-state index is 5.69. The van der Waals surface area contributed by atoms with Gasteiger partial charge in [0, 0.05) is 13.2 Å². The Labute approximate surface area is 113 Å². The molecule has 0 amide bonds. The van der Waals surface area contributed by atoms with Gasteiger partial charge in [-0.05, 0) is 32.1 Å². The molecule has 0 aromatic heterocycles. The number of hydrogen-bond acceptors (Lipinski definition) is 3. The molecule has 110 valence electrons. The topological polar surface area (TPSA) is 27.7 Å². The summed E-state index contributed by atoms with van der Waals surface area (Å²) in [7, 11) is 0. The van der Waals surface area contributed by atoms with E-state index in [0.29, 0.717) is 25.0 Å². The lowest BCUT2D eigenvalue weighted by Crippen LogP contribution is -2.24. The van der Waals surface area contributed by atoms with E-state index < -0.39 is 0 Å². The summed E-state index contributed by atoms with van der Waals surface area (Å²) in [6.07, 6.45) is 1.41. The normalized spacial score (nSPS) is 15.3. The van der Waals surface area contributed by atoms with Crippen molar-refractivity contribution in [2.75, 3.05) is 26.4 Å². The van der Waals surface area contributed by atoms with Crippen LogP contribution in [0.25, 0.3) is 0 Å². The molecule has 0 aliphatic rings. The molecule has 0 heterocycles. The molecular formula is C15H32O3. The Morgan fingerprint density at radius 3 is 1.78 bits per heavy atom. The van der Waals surface area contributed by atoms with Crippen molar-refractivity contribution in [3.8, 4) is 0 Å². The van der Waals surface area contributed by atoms with Crippen LogP contribution in [0.3, 0.4) is 0 Å². The predicted molar refractivity (Wildman–Crippen MR) is 75.9 cm³/mol. The van der Waals surface area contributed by atoms with Crippen molar-refractivity contribution in [3.63, 3.8) is 0 Å². The second-order valence-corrected chi connectivity index (χ2v) is 5.94. The van der Waals surface area contributed by atoms with Crippen molar-refractivity contribution in [3.05, 3.63) is 0 Å². The van der Waals surface area contributed by atoms with Gasteiger partial charge in [-0.3, -0.25) is 0 Å². The van der Waals surface area contributed by atoms with E-state index in [2.05, 4.69) is 34.6 Å². The molecule has 0 saturated heterocycles. The van der Waals surface area contributed by atoms with Crippen LogP contribution in [0.2, 0.25) is 0 Å². The molecule has 0 radical (unpaired) electrons. The fourth-order valence-corrected chi connectivity index (χ4v) is 1.32. The third-order valence-corrected chi connectivity index (χ3v) is 2.52. The van der Waals surface area contributed by atoms with E-state index in [1.54, 1.807) is 0 Å². The van der Waals surface area contributed by atoms with Crippen LogP contribution in [0.4, 0.5) is 0 Å². The van der Waals surface area contributed by atoms with Gasteiger partial charge >= 0.3 is 0 Å². The number of rotatable bonds is 11. The van der Waals surface area contributed by atoms with E-state index in [1.807, 2.05) is 6.92 Å². The van der Waals surface area contributed by atoms with Gasteiger partial charge in [0.15, 0.2) is 0 Å². The Bertz CT molecular complexity index is 181. The second kappa shape index (κ2) is 10.8. The van der Waals surface area contributed by atoms with Crippen molar-refractivity contribution in [2.24, 2.45) is 11.8 Å². The summed E-state index contributed by atoms with van der Waals surface area (Å²) in [4.78, 5) is 0. The molecule has 0 aromatic carbocycles. The van der Waals surface area contributed by atoms with Crippen molar-refractivity contribution < 1.29 is 14.2 Å². The summed E-state index contributed by atoms with van der Waals surface area (Å²) in [5, 5.41) is 0. The molecule has 2 unspecified atom stereocenters. The minimum absolute atomic E-state index is 0.141. The van der Waals surface area contributed by atoms with E-state index >= 15 is 0 Å². The first-order valence-electron chi connectivity index (χ1n) is 7.22. The quantitative estimate of drug-likeness (QED) is 0.532. The highest BCUT2D eigenvalue weighted by atomic mass is 16.6. The minimum atomic E-state index is 0.141. The van der Waals surface area contributed by atoms with Crippen molar-refractivity contribution in [1.82, 2.24) is 0 Å². The highest BCUT2D eigenvalue weighted by molar-refractivity contribution is 4.54. The highest BCUT2D eigenvalue weighted by Gasteiger charge is 2.08. The molecule has 0 rings (SSSR count). The van der Waals surface area contributed by atoms with E-state index in [1.165, 1.54) is 0 Å². The molecule has 0 aliphatic heterocycles. The molecule has 0 saturated carbocycles. The predicted octanol–water partition coefficient (Wildman–Crippen LogP) is 3.52. The first-order chi connectivity index (χ1) is 8.41. The standard InChI is InChI=1S/C15H32O3/c1-12(2)7-8-16-10-14(5)18-11-15(6)17-9-13(3)4/h12-15H,7-11H2,1-6H3. The summed E-state index contributed by atoms with van der Waals surface area (Å²) in [5.41, 5.74) is 0. The van der Waals surface area contributed by atoms with Gasteiger partial charge < -0.3 is 14.2 Å². The van der Waals surface area contributed by atoms with Gasteiger partial charge in [-0.25, -0.2) is 0 Å². The molecular weight excluding hydrogens is 228 g/mol. The molecule has 18 heavy (non-hydrogen) atoms. The van der Waals surface area contributed by atoms with E-state index in [-0.39, 0.29) is 12.2 Å². The van der Waals surface area contributed by atoms with E-state index in [9.17, 15) is 0 Å². The van der Waals surface area contributed by atoms with Crippen LogP contribution < -0.4 is 0 Å². The number of ether oxygens (including phenoxy) is 3. The third-order valence-electron chi connectivity index (χ3n) is 2.52. The molecule has 0 aliphatic carbocycles. The Hall–Kier alpha value is -0.120. The Morgan fingerprint density at radius 2 is 1.22 bits per heavy atom.